The van der Waals surface area contributed by atoms with Crippen molar-refractivity contribution >= 4 is 27.2 Å². The van der Waals surface area contributed by atoms with E-state index in [0.29, 0.717) is 0 Å². The number of benzene rings is 1. The average Bonchev–Trinajstić information content (AvgIpc) is 3.04. The highest BCUT2D eigenvalue weighted by Crippen LogP contribution is 2.22. The van der Waals surface area contributed by atoms with Gasteiger partial charge in [-0.1, -0.05) is 0 Å². The third kappa shape index (κ3) is 2.09. The SMILES string of the molecule is CCn1nccc1CNc1ccc2ncsc2c1. The number of fused-ring (bicyclic) bond motifs is 1. The molecule has 18 heavy (non-hydrogen) atoms. The lowest BCUT2D eigenvalue weighted by atomic mass is 10.3. The molecule has 3 rings (SSSR count). The monoisotopic (exact) mass is 258 g/mol. The van der Waals surface area contributed by atoms with Gasteiger partial charge in [0.05, 0.1) is 28.0 Å². The van der Waals surface area contributed by atoms with E-state index in [4.69, 9.17) is 0 Å². The number of nitrogens with zero attached hydrogens (tertiary/aromatic N) is 3. The van der Waals surface area contributed by atoms with E-state index in [9.17, 15) is 0 Å². The molecule has 0 aliphatic carbocycles. The zero-order valence-electron chi connectivity index (χ0n) is 10.1. The molecule has 3 aromatic rings. The fourth-order valence-electron chi connectivity index (χ4n) is 1.95. The van der Waals surface area contributed by atoms with Gasteiger partial charge < -0.3 is 5.32 Å². The highest BCUT2D eigenvalue weighted by Gasteiger charge is 2.02. The Morgan fingerprint density at radius 3 is 3.17 bits per heavy atom. The van der Waals surface area contributed by atoms with Crippen molar-refractivity contribution in [2.24, 2.45) is 0 Å². The molecule has 0 saturated carbocycles. The van der Waals surface area contributed by atoms with E-state index in [2.05, 4.69) is 34.5 Å². The summed E-state index contributed by atoms with van der Waals surface area (Å²) in [5.41, 5.74) is 5.25. The molecule has 2 aromatic heterocycles. The Hall–Kier alpha value is -1.88. The summed E-state index contributed by atoms with van der Waals surface area (Å²) in [5.74, 6) is 0. The summed E-state index contributed by atoms with van der Waals surface area (Å²) in [7, 11) is 0. The molecule has 0 unspecified atom stereocenters. The minimum atomic E-state index is 0.790. The molecule has 0 spiro atoms. The number of rotatable bonds is 4. The van der Waals surface area contributed by atoms with Crippen LogP contribution in [0.15, 0.2) is 36.0 Å². The largest absolute Gasteiger partial charge is 0.379 e. The first kappa shape index (κ1) is 11.2. The van der Waals surface area contributed by atoms with Crippen LogP contribution in [0.1, 0.15) is 12.6 Å². The third-order valence-electron chi connectivity index (χ3n) is 2.91. The lowest BCUT2D eigenvalue weighted by molar-refractivity contribution is 0.627. The number of hydrogen-bond acceptors (Lipinski definition) is 4. The average molecular weight is 258 g/mol. The van der Waals surface area contributed by atoms with E-state index in [1.54, 1.807) is 11.3 Å². The maximum absolute atomic E-state index is 4.27. The molecule has 5 heteroatoms. The smallest absolute Gasteiger partial charge is 0.0813 e. The first-order chi connectivity index (χ1) is 8.86. The Balaban J connectivity index is 1.76. The Morgan fingerprint density at radius 1 is 1.33 bits per heavy atom. The van der Waals surface area contributed by atoms with Gasteiger partial charge in [-0.15, -0.1) is 11.3 Å². The van der Waals surface area contributed by atoms with Crippen LogP contribution in [0.2, 0.25) is 0 Å². The fourth-order valence-corrected chi connectivity index (χ4v) is 2.67. The molecular weight excluding hydrogens is 244 g/mol. The second kappa shape index (κ2) is 4.78. The Bertz CT molecular complexity index is 656. The molecule has 2 heterocycles. The van der Waals surface area contributed by atoms with Gasteiger partial charge in [-0.2, -0.15) is 5.10 Å². The summed E-state index contributed by atoms with van der Waals surface area (Å²) in [6.07, 6.45) is 1.84. The zero-order chi connectivity index (χ0) is 12.4. The topological polar surface area (TPSA) is 42.7 Å². The Morgan fingerprint density at radius 2 is 2.28 bits per heavy atom. The Labute approximate surface area is 109 Å². The molecule has 0 amide bonds. The number of nitrogens with one attached hydrogen (secondary N) is 1. The number of anilines is 1. The highest BCUT2D eigenvalue weighted by molar-refractivity contribution is 7.16. The molecule has 0 atom stereocenters. The Kier molecular flexibility index (Phi) is 2.98. The van der Waals surface area contributed by atoms with Crippen molar-refractivity contribution in [1.29, 1.82) is 0 Å². The maximum Gasteiger partial charge on any atom is 0.0813 e. The number of aromatic nitrogens is 3. The molecule has 1 aromatic carbocycles. The van der Waals surface area contributed by atoms with Gasteiger partial charge in [0, 0.05) is 18.4 Å². The van der Waals surface area contributed by atoms with E-state index in [1.807, 2.05) is 28.5 Å². The van der Waals surface area contributed by atoms with Crippen LogP contribution < -0.4 is 5.32 Å². The predicted octanol–water partition coefficient (Wildman–Crippen LogP) is 3.12. The summed E-state index contributed by atoms with van der Waals surface area (Å²) >= 11 is 1.66. The first-order valence-corrected chi connectivity index (χ1v) is 6.82. The van der Waals surface area contributed by atoms with Crippen molar-refractivity contribution in [3.05, 3.63) is 41.7 Å². The predicted molar refractivity (Wildman–Crippen MR) is 74.8 cm³/mol. The van der Waals surface area contributed by atoms with Crippen LogP contribution in [0, 0.1) is 0 Å². The summed E-state index contributed by atoms with van der Waals surface area (Å²) in [6, 6.07) is 8.29. The normalized spacial score (nSPS) is 10.9. The molecule has 0 aliphatic heterocycles. The fraction of sp³-hybridized carbons (Fsp3) is 0.231. The summed E-state index contributed by atoms with van der Waals surface area (Å²) in [5, 5.41) is 7.68. The molecule has 0 radical (unpaired) electrons. The second-order valence-electron chi connectivity index (χ2n) is 4.03. The number of aryl methyl sites for hydroxylation is 1. The minimum absolute atomic E-state index is 0.790. The molecule has 1 N–H and O–H groups in total. The van der Waals surface area contributed by atoms with E-state index >= 15 is 0 Å². The van der Waals surface area contributed by atoms with Gasteiger partial charge in [0.2, 0.25) is 0 Å². The van der Waals surface area contributed by atoms with E-state index in [0.717, 1.165) is 24.3 Å². The van der Waals surface area contributed by atoms with Crippen molar-refractivity contribution in [3.8, 4) is 0 Å². The standard InChI is InChI=1S/C13H14N4S/c1-2-17-11(5-6-16-17)8-14-10-3-4-12-13(7-10)18-9-15-12/h3-7,9,14H,2,8H2,1H3. The van der Waals surface area contributed by atoms with Crippen LogP contribution in [-0.2, 0) is 13.1 Å². The highest BCUT2D eigenvalue weighted by atomic mass is 32.1. The summed E-state index contributed by atoms with van der Waals surface area (Å²) in [6.45, 7) is 3.79. The van der Waals surface area contributed by atoms with E-state index in [1.165, 1.54) is 10.4 Å². The van der Waals surface area contributed by atoms with Gasteiger partial charge in [0.1, 0.15) is 0 Å². The molecule has 4 nitrogen and oxygen atoms in total. The van der Waals surface area contributed by atoms with Crippen LogP contribution in [-0.4, -0.2) is 14.8 Å². The minimum Gasteiger partial charge on any atom is -0.379 e. The third-order valence-corrected chi connectivity index (χ3v) is 3.70. The van der Waals surface area contributed by atoms with Crippen molar-refractivity contribution in [3.63, 3.8) is 0 Å². The maximum atomic E-state index is 4.27. The van der Waals surface area contributed by atoms with Crippen LogP contribution in [0.25, 0.3) is 10.2 Å². The van der Waals surface area contributed by atoms with Gasteiger partial charge in [0.25, 0.3) is 0 Å². The molecule has 0 saturated heterocycles. The van der Waals surface area contributed by atoms with Gasteiger partial charge in [-0.25, -0.2) is 4.98 Å². The number of thiazole rings is 1. The van der Waals surface area contributed by atoms with Crippen LogP contribution in [0.4, 0.5) is 5.69 Å². The summed E-state index contributed by atoms with van der Waals surface area (Å²) < 4.78 is 3.21. The molecule has 0 aliphatic rings. The summed E-state index contributed by atoms with van der Waals surface area (Å²) in [4.78, 5) is 4.27. The van der Waals surface area contributed by atoms with Gasteiger partial charge in [0.15, 0.2) is 0 Å². The molecule has 0 fully saturated rings. The van der Waals surface area contributed by atoms with Crippen LogP contribution in [0.5, 0.6) is 0 Å². The van der Waals surface area contributed by atoms with Gasteiger partial charge >= 0.3 is 0 Å². The number of hydrogen-bond donors (Lipinski definition) is 1. The van der Waals surface area contributed by atoms with Crippen LogP contribution in [0.3, 0.4) is 0 Å². The lowest BCUT2D eigenvalue weighted by Gasteiger charge is -2.08. The lowest BCUT2D eigenvalue weighted by Crippen LogP contribution is -2.07. The molecular formula is C13H14N4S. The van der Waals surface area contributed by atoms with Crippen molar-refractivity contribution < 1.29 is 0 Å². The quantitative estimate of drug-likeness (QED) is 0.782. The van der Waals surface area contributed by atoms with Crippen molar-refractivity contribution in [1.82, 2.24) is 14.8 Å². The first-order valence-electron chi connectivity index (χ1n) is 5.94. The van der Waals surface area contributed by atoms with Crippen molar-refractivity contribution in [2.45, 2.75) is 20.0 Å². The van der Waals surface area contributed by atoms with Gasteiger partial charge in [-0.3, -0.25) is 4.68 Å². The molecule has 92 valence electrons. The van der Waals surface area contributed by atoms with Crippen LogP contribution >= 0.6 is 11.3 Å². The molecule has 0 bridgehead atoms. The van der Waals surface area contributed by atoms with Gasteiger partial charge in [-0.05, 0) is 31.2 Å². The zero-order valence-corrected chi connectivity index (χ0v) is 10.9. The van der Waals surface area contributed by atoms with Crippen molar-refractivity contribution in [2.75, 3.05) is 5.32 Å². The second-order valence-corrected chi connectivity index (χ2v) is 4.91. The van der Waals surface area contributed by atoms with E-state index < -0.39 is 0 Å². The van der Waals surface area contributed by atoms with E-state index in [-0.39, 0.29) is 0 Å².